The Morgan fingerprint density at radius 3 is 2.27 bits per heavy atom. The van der Waals surface area contributed by atoms with Crippen molar-refractivity contribution in [3.8, 4) is 0 Å². The van der Waals surface area contributed by atoms with Crippen LogP contribution < -0.4 is 5.32 Å². The summed E-state index contributed by atoms with van der Waals surface area (Å²) < 4.78 is 0. The Hall–Kier alpha value is -3.74. The highest BCUT2D eigenvalue weighted by Crippen LogP contribution is 2.24. The second-order valence-corrected chi connectivity index (χ2v) is 5.60. The van der Waals surface area contributed by atoms with Crippen molar-refractivity contribution in [3.05, 3.63) is 71.8 Å². The number of hydrogen-bond acceptors (Lipinski definition) is 6. The molecule has 7 nitrogen and oxygen atoms in total. The van der Waals surface area contributed by atoms with E-state index in [0.717, 1.165) is 0 Å². The smallest absolute Gasteiger partial charge is 0.253 e. The Morgan fingerprint density at radius 1 is 0.923 bits per heavy atom. The first-order valence-electron chi connectivity index (χ1n) is 7.84. The Morgan fingerprint density at radius 2 is 1.58 bits per heavy atom. The van der Waals surface area contributed by atoms with Gasteiger partial charge in [0.1, 0.15) is 12.1 Å². The molecule has 0 aromatic heterocycles. The van der Waals surface area contributed by atoms with Gasteiger partial charge in [-0.2, -0.15) is 0 Å². The van der Waals surface area contributed by atoms with Gasteiger partial charge < -0.3 is 5.32 Å². The fourth-order valence-corrected chi connectivity index (χ4v) is 2.72. The maximum absolute atomic E-state index is 13.3. The van der Waals surface area contributed by atoms with E-state index < -0.39 is 17.4 Å². The first kappa shape index (κ1) is 15.8. The van der Waals surface area contributed by atoms with Crippen molar-refractivity contribution in [2.24, 2.45) is 20.0 Å². The summed E-state index contributed by atoms with van der Waals surface area (Å²) in [7, 11) is 0. The fourth-order valence-electron chi connectivity index (χ4n) is 2.72. The van der Waals surface area contributed by atoms with Crippen molar-refractivity contribution in [2.45, 2.75) is 5.66 Å². The van der Waals surface area contributed by atoms with Gasteiger partial charge in [-0.15, -0.1) is 0 Å². The largest absolute Gasteiger partial charge is 0.316 e. The van der Waals surface area contributed by atoms with Gasteiger partial charge in [-0.1, -0.05) is 48.5 Å². The predicted molar refractivity (Wildman–Crippen MR) is 98.2 cm³/mol. The van der Waals surface area contributed by atoms with Crippen molar-refractivity contribution >= 4 is 35.9 Å². The number of nitrogens with zero attached hydrogens (tertiary/aromatic N) is 4. The molecule has 125 valence electrons. The lowest BCUT2D eigenvalue weighted by Gasteiger charge is -2.30. The number of amides is 1. The van der Waals surface area contributed by atoms with Crippen molar-refractivity contribution in [1.82, 2.24) is 5.32 Å². The number of carbonyl (C=O) groups is 2. The number of aliphatic imine (C=N–C) groups is 4. The molecule has 0 saturated heterocycles. The summed E-state index contributed by atoms with van der Waals surface area (Å²) in [5, 5.41) is 2.71. The van der Waals surface area contributed by atoms with Crippen LogP contribution in [0.2, 0.25) is 0 Å². The van der Waals surface area contributed by atoms with Crippen molar-refractivity contribution in [2.75, 3.05) is 0 Å². The molecule has 2 aliphatic rings. The Balaban J connectivity index is 1.78. The molecule has 2 aromatic rings. The van der Waals surface area contributed by atoms with Crippen LogP contribution in [-0.2, 0) is 0 Å². The normalized spacial score (nSPS) is 20.2. The third kappa shape index (κ3) is 2.55. The van der Waals surface area contributed by atoms with E-state index in [4.69, 9.17) is 0 Å². The number of nitrogens with one attached hydrogen (secondary N) is 1. The minimum Gasteiger partial charge on any atom is -0.316 e. The lowest BCUT2D eigenvalue weighted by molar-refractivity contribution is 0.0828. The topological polar surface area (TPSA) is 95.6 Å². The standard InChI is InChI=1S/C19H12N5O2/c25-16(13-7-3-1-4-8-13)19(15-17(21-11-20-15)22-12-23-19)24-18(26)14-9-5-2-6-10-14/h1-11H,(H,24,26). The van der Waals surface area contributed by atoms with Crippen LogP contribution >= 0.6 is 0 Å². The third-order valence-corrected chi connectivity index (χ3v) is 3.99. The van der Waals surface area contributed by atoms with Crippen LogP contribution in [0.3, 0.4) is 0 Å². The third-order valence-electron chi connectivity index (χ3n) is 3.99. The Labute approximate surface area is 148 Å². The van der Waals surface area contributed by atoms with Crippen LogP contribution in [-0.4, -0.2) is 41.6 Å². The summed E-state index contributed by atoms with van der Waals surface area (Å²) >= 11 is 0. The SMILES string of the molecule is O=C(NC1(C(=O)c2ccccc2)N=[C]N=C2N=CN=C21)c1ccccc1. The van der Waals surface area contributed by atoms with Crippen molar-refractivity contribution in [1.29, 1.82) is 0 Å². The molecule has 0 aliphatic carbocycles. The zero-order valence-corrected chi connectivity index (χ0v) is 13.5. The molecule has 26 heavy (non-hydrogen) atoms. The van der Waals surface area contributed by atoms with Crippen LogP contribution in [0.5, 0.6) is 0 Å². The maximum Gasteiger partial charge on any atom is 0.253 e. The van der Waals surface area contributed by atoms with E-state index in [1.807, 2.05) is 0 Å². The van der Waals surface area contributed by atoms with Crippen LogP contribution in [0.15, 0.2) is 80.6 Å². The van der Waals surface area contributed by atoms with Crippen LogP contribution in [0.1, 0.15) is 20.7 Å². The first-order valence-corrected chi connectivity index (χ1v) is 7.84. The van der Waals surface area contributed by atoms with Gasteiger partial charge in [0.25, 0.3) is 5.91 Å². The van der Waals surface area contributed by atoms with Crippen molar-refractivity contribution < 1.29 is 9.59 Å². The molecular formula is C19H12N5O2. The average Bonchev–Trinajstić information content (AvgIpc) is 3.19. The van der Waals surface area contributed by atoms with E-state index in [9.17, 15) is 9.59 Å². The van der Waals surface area contributed by atoms with Gasteiger partial charge in [0, 0.05) is 11.1 Å². The number of fused-ring (bicyclic) bond motifs is 1. The summed E-state index contributed by atoms with van der Waals surface area (Å²) in [4.78, 5) is 42.2. The lowest BCUT2D eigenvalue weighted by Crippen LogP contribution is -2.61. The highest BCUT2D eigenvalue weighted by molar-refractivity contribution is 6.55. The molecule has 0 fully saturated rings. The highest BCUT2D eigenvalue weighted by Gasteiger charge is 2.49. The number of amidine groups is 1. The van der Waals surface area contributed by atoms with Crippen molar-refractivity contribution in [3.63, 3.8) is 0 Å². The molecule has 4 rings (SSSR count). The molecule has 7 heteroatoms. The Bertz CT molecular complexity index is 993. The minimum absolute atomic E-state index is 0.175. The Kier molecular flexibility index (Phi) is 3.81. The van der Waals surface area contributed by atoms with Gasteiger partial charge in [-0.3, -0.25) is 9.59 Å². The second-order valence-electron chi connectivity index (χ2n) is 5.60. The van der Waals surface area contributed by atoms with Gasteiger partial charge in [0.05, 0.1) is 0 Å². The monoisotopic (exact) mass is 342 g/mol. The van der Waals surface area contributed by atoms with Gasteiger partial charge in [0.15, 0.2) is 12.2 Å². The molecule has 2 aromatic carbocycles. The van der Waals surface area contributed by atoms with E-state index in [2.05, 4.69) is 31.6 Å². The number of Topliss-reactive ketones (excluding diaryl/α,β-unsaturated/α-hetero) is 1. The van der Waals surface area contributed by atoms with Gasteiger partial charge in [-0.25, -0.2) is 20.0 Å². The van der Waals surface area contributed by atoms with Crippen LogP contribution in [0.4, 0.5) is 0 Å². The summed E-state index contributed by atoms with van der Waals surface area (Å²) in [5.74, 6) is -0.694. The second kappa shape index (κ2) is 6.29. The lowest BCUT2D eigenvalue weighted by atomic mass is 9.91. The molecular weight excluding hydrogens is 330 g/mol. The summed E-state index contributed by atoms with van der Waals surface area (Å²) in [6.07, 6.45) is 3.71. The first-order chi connectivity index (χ1) is 12.7. The van der Waals surface area contributed by atoms with Crippen LogP contribution in [0.25, 0.3) is 0 Å². The maximum atomic E-state index is 13.3. The molecule has 2 aliphatic heterocycles. The molecule has 1 amide bonds. The number of benzene rings is 2. The van der Waals surface area contributed by atoms with E-state index >= 15 is 0 Å². The average molecular weight is 342 g/mol. The van der Waals surface area contributed by atoms with E-state index in [1.165, 1.54) is 6.34 Å². The number of ketones is 1. The molecule has 0 spiro atoms. The van der Waals surface area contributed by atoms with Crippen LogP contribution in [0, 0.1) is 0 Å². The molecule has 1 atom stereocenters. The number of carbonyl (C=O) groups excluding carboxylic acids is 2. The fraction of sp³-hybridized carbons (Fsp3) is 0.0526. The molecule has 1 N–H and O–H groups in total. The quantitative estimate of drug-likeness (QED) is 0.858. The van der Waals surface area contributed by atoms with Gasteiger partial charge in [0.2, 0.25) is 11.4 Å². The highest BCUT2D eigenvalue weighted by atomic mass is 16.2. The molecule has 1 unspecified atom stereocenters. The number of hydrogen-bond donors (Lipinski definition) is 1. The summed E-state index contributed by atoms with van der Waals surface area (Å²) in [6, 6.07) is 17.1. The zero-order chi connectivity index (χ0) is 18.0. The molecule has 0 saturated carbocycles. The number of rotatable bonds is 4. The summed E-state index contributed by atoms with van der Waals surface area (Å²) in [6.45, 7) is 0. The molecule has 1 radical (unpaired) electrons. The van der Waals surface area contributed by atoms with E-state index in [1.54, 1.807) is 60.7 Å². The van der Waals surface area contributed by atoms with Gasteiger partial charge >= 0.3 is 0 Å². The summed E-state index contributed by atoms with van der Waals surface area (Å²) in [5.41, 5.74) is -0.815. The molecule has 0 bridgehead atoms. The minimum atomic E-state index is -1.76. The zero-order valence-electron chi connectivity index (χ0n) is 13.5. The predicted octanol–water partition coefficient (Wildman–Crippen LogP) is 1.80. The van der Waals surface area contributed by atoms with Gasteiger partial charge in [-0.05, 0) is 12.1 Å². The van der Waals surface area contributed by atoms with E-state index in [0.29, 0.717) is 11.1 Å². The van der Waals surface area contributed by atoms with E-state index in [-0.39, 0.29) is 11.5 Å². The molecule has 2 heterocycles.